The Bertz CT molecular complexity index is 716. The summed E-state index contributed by atoms with van der Waals surface area (Å²) in [4.78, 5) is 11.5. The maximum Gasteiger partial charge on any atom is 0.315 e. The molecule has 0 saturated heterocycles. The molecule has 0 atom stereocenters. The Morgan fingerprint density at radius 3 is 2.05 bits per heavy atom. The van der Waals surface area contributed by atoms with Crippen LogP contribution in [0.15, 0.2) is 24.3 Å². The minimum atomic E-state index is -2.34. The fourth-order valence-electron chi connectivity index (χ4n) is 1.66. The number of ether oxygens (including phenoxy) is 1. The van der Waals surface area contributed by atoms with Crippen molar-refractivity contribution in [2.45, 2.75) is 6.42 Å². The van der Waals surface area contributed by atoms with Crippen LogP contribution in [0.1, 0.15) is 5.56 Å². The van der Waals surface area contributed by atoms with E-state index in [-0.39, 0.29) is 11.3 Å². The van der Waals surface area contributed by atoms with Gasteiger partial charge < -0.3 is 9.84 Å². The summed E-state index contributed by atoms with van der Waals surface area (Å²) >= 11 is 0. The Labute approximate surface area is 120 Å². The lowest BCUT2D eigenvalue weighted by molar-refractivity contribution is -0.134. The van der Waals surface area contributed by atoms with Crippen molar-refractivity contribution < 1.29 is 36.6 Å². The van der Waals surface area contributed by atoms with Gasteiger partial charge in [-0.15, -0.1) is 0 Å². The SMILES string of the molecule is O=C(Cc1cccc(O)c1)Oc1c(F)c(F)c(F)c(F)c1F. The van der Waals surface area contributed by atoms with Crippen LogP contribution in [0, 0.1) is 29.1 Å². The molecule has 0 aliphatic carbocycles. The molecule has 3 nitrogen and oxygen atoms in total. The third-order valence-corrected chi connectivity index (χ3v) is 2.64. The van der Waals surface area contributed by atoms with Gasteiger partial charge in [0.15, 0.2) is 0 Å². The summed E-state index contributed by atoms with van der Waals surface area (Å²) in [7, 11) is 0. The molecular weight excluding hydrogens is 311 g/mol. The third-order valence-electron chi connectivity index (χ3n) is 2.64. The Morgan fingerprint density at radius 1 is 0.955 bits per heavy atom. The monoisotopic (exact) mass is 318 g/mol. The molecular formula is C14H7F5O3. The summed E-state index contributed by atoms with van der Waals surface area (Å²) in [6, 6.07) is 5.30. The molecule has 22 heavy (non-hydrogen) atoms. The van der Waals surface area contributed by atoms with Crippen LogP contribution in [0.5, 0.6) is 11.5 Å². The van der Waals surface area contributed by atoms with Crippen LogP contribution in [0.3, 0.4) is 0 Å². The first-order valence-corrected chi connectivity index (χ1v) is 5.81. The van der Waals surface area contributed by atoms with Crippen molar-refractivity contribution in [3.8, 4) is 11.5 Å². The zero-order chi connectivity index (χ0) is 16.4. The molecule has 2 rings (SSSR count). The lowest BCUT2D eigenvalue weighted by Crippen LogP contribution is -2.15. The molecule has 2 aromatic rings. The quantitative estimate of drug-likeness (QED) is 0.311. The molecule has 0 heterocycles. The second-order valence-electron chi connectivity index (χ2n) is 4.22. The van der Waals surface area contributed by atoms with Crippen LogP contribution < -0.4 is 4.74 Å². The van der Waals surface area contributed by atoms with E-state index in [4.69, 9.17) is 0 Å². The van der Waals surface area contributed by atoms with E-state index in [0.717, 1.165) is 0 Å². The predicted octanol–water partition coefficient (Wildman–Crippen LogP) is 3.24. The highest BCUT2D eigenvalue weighted by atomic mass is 19.2. The summed E-state index contributed by atoms with van der Waals surface area (Å²) in [6.07, 6.45) is -0.534. The topological polar surface area (TPSA) is 46.5 Å². The Morgan fingerprint density at radius 2 is 1.50 bits per heavy atom. The normalized spacial score (nSPS) is 10.6. The fraction of sp³-hybridized carbons (Fsp3) is 0.0714. The minimum absolute atomic E-state index is 0.165. The van der Waals surface area contributed by atoms with Gasteiger partial charge in [0, 0.05) is 0 Å². The third kappa shape index (κ3) is 3.00. The summed E-state index contributed by atoms with van der Waals surface area (Å²) in [5, 5.41) is 9.19. The Balaban J connectivity index is 2.26. The van der Waals surface area contributed by atoms with Crippen LogP contribution in [0.25, 0.3) is 0 Å². The van der Waals surface area contributed by atoms with Crippen LogP contribution in [-0.2, 0) is 11.2 Å². The van der Waals surface area contributed by atoms with Crippen molar-refractivity contribution in [2.75, 3.05) is 0 Å². The molecule has 2 aromatic carbocycles. The number of aromatic hydroxyl groups is 1. The van der Waals surface area contributed by atoms with Crippen molar-refractivity contribution in [1.82, 2.24) is 0 Å². The van der Waals surface area contributed by atoms with Crippen LogP contribution >= 0.6 is 0 Å². The summed E-state index contributed by atoms with van der Waals surface area (Å²) < 4.78 is 69.6. The van der Waals surface area contributed by atoms with E-state index in [0.29, 0.717) is 0 Å². The predicted molar refractivity (Wildman–Crippen MR) is 63.7 cm³/mol. The molecule has 0 aliphatic heterocycles. The largest absolute Gasteiger partial charge is 0.508 e. The van der Waals surface area contributed by atoms with Gasteiger partial charge in [-0.3, -0.25) is 4.79 Å². The van der Waals surface area contributed by atoms with Gasteiger partial charge in [-0.1, -0.05) is 12.1 Å². The molecule has 1 N–H and O–H groups in total. The van der Waals surface area contributed by atoms with Gasteiger partial charge in [-0.2, -0.15) is 8.78 Å². The van der Waals surface area contributed by atoms with E-state index in [1.165, 1.54) is 24.3 Å². The minimum Gasteiger partial charge on any atom is -0.508 e. The highest BCUT2D eigenvalue weighted by Gasteiger charge is 2.28. The van der Waals surface area contributed by atoms with Gasteiger partial charge in [0.25, 0.3) is 0 Å². The number of esters is 1. The van der Waals surface area contributed by atoms with Crippen molar-refractivity contribution in [2.24, 2.45) is 0 Å². The Kier molecular flexibility index (Phi) is 4.30. The number of hydrogen-bond acceptors (Lipinski definition) is 3. The maximum absolute atomic E-state index is 13.3. The molecule has 0 aliphatic rings. The molecule has 0 bridgehead atoms. The first kappa shape index (κ1) is 15.7. The number of phenols is 1. The number of phenolic OH excluding ortho intramolecular Hbond substituents is 1. The number of rotatable bonds is 3. The first-order valence-electron chi connectivity index (χ1n) is 5.81. The molecule has 0 aromatic heterocycles. The Hall–Kier alpha value is -2.64. The second-order valence-corrected chi connectivity index (χ2v) is 4.22. The number of halogens is 5. The maximum atomic E-state index is 13.3. The average molecular weight is 318 g/mol. The van der Waals surface area contributed by atoms with E-state index in [1.54, 1.807) is 0 Å². The summed E-state index contributed by atoms with van der Waals surface area (Å²) in [5.74, 6) is -14.3. The van der Waals surface area contributed by atoms with E-state index in [9.17, 15) is 31.9 Å². The molecule has 0 amide bonds. The van der Waals surface area contributed by atoms with Crippen molar-refractivity contribution in [3.05, 3.63) is 58.9 Å². The van der Waals surface area contributed by atoms with Crippen LogP contribution in [0.2, 0.25) is 0 Å². The molecule has 8 heteroatoms. The van der Waals surface area contributed by atoms with E-state index >= 15 is 0 Å². The highest BCUT2D eigenvalue weighted by molar-refractivity contribution is 5.75. The molecule has 0 saturated carbocycles. The average Bonchev–Trinajstić information content (AvgIpc) is 2.47. The van der Waals surface area contributed by atoms with Crippen molar-refractivity contribution in [1.29, 1.82) is 0 Å². The van der Waals surface area contributed by atoms with Gasteiger partial charge in [0.1, 0.15) is 5.75 Å². The standard InChI is InChI=1S/C14H7F5O3/c15-9-10(16)12(18)14(13(19)11(9)17)22-8(21)5-6-2-1-3-7(20)4-6/h1-4,20H,5H2. The van der Waals surface area contributed by atoms with Crippen LogP contribution in [-0.4, -0.2) is 11.1 Å². The smallest absolute Gasteiger partial charge is 0.315 e. The van der Waals surface area contributed by atoms with E-state index < -0.39 is 47.2 Å². The summed E-state index contributed by atoms with van der Waals surface area (Å²) in [5.41, 5.74) is 0.230. The van der Waals surface area contributed by atoms with Gasteiger partial charge >= 0.3 is 5.97 Å². The lowest BCUT2D eigenvalue weighted by Gasteiger charge is -2.09. The number of hydrogen-bond donors (Lipinski definition) is 1. The number of carbonyl (C=O) groups excluding carboxylic acids is 1. The van der Waals surface area contributed by atoms with Gasteiger partial charge in [-0.25, -0.2) is 13.2 Å². The zero-order valence-electron chi connectivity index (χ0n) is 10.7. The van der Waals surface area contributed by atoms with E-state index in [1.807, 2.05) is 0 Å². The summed E-state index contributed by atoms with van der Waals surface area (Å²) in [6.45, 7) is 0. The van der Waals surface area contributed by atoms with Crippen LogP contribution in [0.4, 0.5) is 22.0 Å². The van der Waals surface area contributed by atoms with Gasteiger partial charge in [0.05, 0.1) is 6.42 Å². The number of carbonyl (C=O) groups is 1. The van der Waals surface area contributed by atoms with Crippen molar-refractivity contribution >= 4 is 5.97 Å². The van der Waals surface area contributed by atoms with Crippen molar-refractivity contribution in [3.63, 3.8) is 0 Å². The fourth-order valence-corrected chi connectivity index (χ4v) is 1.66. The molecule has 0 spiro atoms. The number of benzene rings is 2. The molecule has 0 unspecified atom stereocenters. The zero-order valence-corrected chi connectivity index (χ0v) is 10.7. The van der Waals surface area contributed by atoms with E-state index in [2.05, 4.69) is 4.74 Å². The molecule has 116 valence electrons. The van der Waals surface area contributed by atoms with Gasteiger partial charge in [-0.05, 0) is 17.7 Å². The lowest BCUT2D eigenvalue weighted by atomic mass is 10.1. The van der Waals surface area contributed by atoms with Gasteiger partial charge in [0.2, 0.25) is 34.8 Å². The second kappa shape index (κ2) is 6.00. The highest BCUT2D eigenvalue weighted by Crippen LogP contribution is 2.29. The molecule has 0 fully saturated rings. The molecule has 0 radical (unpaired) electrons. The first-order chi connectivity index (χ1) is 10.3.